The third-order valence-corrected chi connectivity index (χ3v) is 6.85. The van der Waals surface area contributed by atoms with E-state index >= 15 is 0 Å². The minimum Gasteiger partial charge on any atom is -0.458 e. The van der Waals surface area contributed by atoms with Crippen LogP contribution in [0.5, 0.6) is 0 Å². The maximum Gasteiger partial charge on any atom is 0.342 e. The molecule has 1 spiro atoms. The van der Waals surface area contributed by atoms with E-state index < -0.39 is 64.3 Å². The molecule has 3 heterocycles. The van der Waals surface area contributed by atoms with Crippen LogP contribution in [0.1, 0.15) is 27.2 Å². The van der Waals surface area contributed by atoms with E-state index in [1.165, 1.54) is 0 Å². The molecule has 7 heteroatoms. The van der Waals surface area contributed by atoms with Gasteiger partial charge in [-0.1, -0.05) is 0 Å². The summed E-state index contributed by atoms with van der Waals surface area (Å²) in [7, 11) is 0. The number of esters is 2. The van der Waals surface area contributed by atoms with E-state index in [1.807, 2.05) is 0 Å². The lowest BCUT2D eigenvalue weighted by molar-refractivity contribution is -0.223. The van der Waals surface area contributed by atoms with E-state index in [4.69, 9.17) is 14.2 Å². The summed E-state index contributed by atoms with van der Waals surface area (Å²) in [6.07, 6.45) is -1.78. The molecule has 0 amide bonds. The van der Waals surface area contributed by atoms with Crippen molar-refractivity contribution in [2.45, 2.75) is 62.3 Å². The SMILES string of the molecule is CC(C)(O)[C@@H]1[C@@H]2OC(=O)[C@H]1[C@]1(O)C[C@H]3O[C@]34C(=O)O[C@H]2[C@@]14C. The van der Waals surface area contributed by atoms with Crippen molar-refractivity contribution in [1.82, 2.24) is 0 Å². The minimum atomic E-state index is -1.47. The van der Waals surface area contributed by atoms with Crippen molar-refractivity contribution in [3.05, 3.63) is 0 Å². The van der Waals surface area contributed by atoms with Gasteiger partial charge < -0.3 is 24.4 Å². The average molecular weight is 310 g/mol. The summed E-state index contributed by atoms with van der Waals surface area (Å²) in [6.45, 7) is 4.92. The fourth-order valence-corrected chi connectivity index (χ4v) is 5.83. The van der Waals surface area contributed by atoms with Gasteiger partial charge in [-0.25, -0.2) is 4.79 Å². The number of hydrogen-bond donors (Lipinski definition) is 2. The van der Waals surface area contributed by atoms with Crippen molar-refractivity contribution in [2.75, 3.05) is 0 Å². The molecule has 22 heavy (non-hydrogen) atoms. The first-order valence-corrected chi connectivity index (χ1v) is 7.63. The summed E-state index contributed by atoms with van der Waals surface area (Å²) in [6, 6.07) is 0. The van der Waals surface area contributed by atoms with Gasteiger partial charge in [0.15, 0.2) is 6.10 Å². The Hall–Kier alpha value is -1.18. The van der Waals surface area contributed by atoms with Crippen molar-refractivity contribution in [3.8, 4) is 0 Å². The molecule has 2 saturated carbocycles. The highest BCUT2D eigenvalue weighted by molar-refractivity contribution is 5.91. The molecule has 2 N–H and O–H groups in total. The van der Waals surface area contributed by atoms with Crippen LogP contribution in [0.4, 0.5) is 0 Å². The summed E-state index contributed by atoms with van der Waals surface area (Å²) < 4.78 is 16.5. The molecule has 2 aliphatic carbocycles. The number of carbonyl (C=O) groups is 2. The zero-order valence-corrected chi connectivity index (χ0v) is 12.5. The number of ether oxygens (including phenoxy) is 3. The summed E-state index contributed by atoms with van der Waals surface area (Å²) >= 11 is 0. The van der Waals surface area contributed by atoms with Crippen molar-refractivity contribution in [3.63, 3.8) is 0 Å². The van der Waals surface area contributed by atoms with E-state index in [0.29, 0.717) is 0 Å². The zero-order chi connectivity index (χ0) is 15.9. The molecule has 5 aliphatic rings. The lowest BCUT2D eigenvalue weighted by Gasteiger charge is -2.53. The van der Waals surface area contributed by atoms with Crippen molar-refractivity contribution < 1.29 is 34.0 Å². The Bertz CT molecular complexity index is 638. The van der Waals surface area contributed by atoms with Crippen LogP contribution in [0, 0.1) is 17.3 Å². The average Bonchev–Trinajstić information content (AvgIpc) is 2.85. The molecule has 5 rings (SSSR count). The Morgan fingerprint density at radius 1 is 1.27 bits per heavy atom. The number of fused-ring (bicyclic) bond motifs is 4. The van der Waals surface area contributed by atoms with E-state index in [-0.39, 0.29) is 6.42 Å². The molecule has 0 aromatic heterocycles. The molecule has 2 bridgehead atoms. The lowest BCUT2D eigenvalue weighted by Crippen LogP contribution is -2.68. The van der Waals surface area contributed by atoms with Gasteiger partial charge >= 0.3 is 11.9 Å². The largest absolute Gasteiger partial charge is 0.458 e. The first-order chi connectivity index (χ1) is 10.1. The van der Waals surface area contributed by atoms with Crippen LogP contribution in [0.3, 0.4) is 0 Å². The number of hydrogen-bond acceptors (Lipinski definition) is 7. The van der Waals surface area contributed by atoms with Gasteiger partial charge in [0, 0.05) is 12.3 Å². The third kappa shape index (κ3) is 0.962. The summed E-state index contributed by atoms with van der Waals surface area (Å²) in [5, 5.41) is 21.9. The first-order valence-electron chi connectivity index (χ1n) is 7.63. The first kappa shape index (κ1) is 13.3. The van der Waals surface area contributed by atoms with Gasteiger partial charge in [0.05, 0.1) is 22.5 Å². The van der Waals surface area contributed by atoms with Crippen LogP contribution in [-0.2, 0) is 23.8 Å². The molecule has 0 radical (unpaired) electrons. The molecular weight excluding hydrogens is 292 g/mol. The highest BCUT2D eigenvalue weighted by Gasteiger charge is 2.95. The molecule has 5 fully saturated rings. The zero-order valence-electron chi connectivity index (χ0n) is 12.5. The third-order valence-electron chi connectivity index (χ3n) is 6.85. The Morgan fingerprint density at radius 2 is 1.95 bits per heavy atom. The van der Waals surface area contributed by atoms with Gasteiger partial charge in [0.1, 0.15) is 12.2 Å². The van der Waals surface area contributed by atoms with Gasteiger partial charge in [-0.2, -0.15) is 0 Å². The summed E-state index contributed by atoms with van der Waals surface area (Å²) in [4.78, 5) is 24.8. The predicted molar refractivity (Wildman–Crippen MR) is 68.3 cm³/mol. The Morgan fingerprint density at radius 3 is 2.59 bits per heavy atom. The monoisotopic (exact) mass is 310 g/mol. The fraction of sp³-hybridized carbons (Fsp3) is 0.867. The molecular formula is C15H18O7. The molecule has 0 unspecified atom stereocenters. The van der Waals surface area contributed by atoms with Gasteiger partial charge in [0.25, 0.3) is 0 Å². The fourth-order valence-electron chi connectivity index (χ4n) is 5.83. The molecule has 7 nitrogen and oxygen atoms in total. The Labute approximate surface area is 126 Å². The number of carbonyl (C=O) groups excluding carboxylic acids is 2. The second-order valence-electron chi connectivity index (χ2n) is 8.06. The smallest absolute Gasteiger partial charge is 0.342 e. The van der Waals surface area contributed by atoms with Crippen molar-refractivity contribution in [2.24, 2.45) is 17.3 Å². The molecule has 3 saturated heterocycles. The van der Waals surface area contributed by atoms with E-state index in [9.17, 15) is 19.8 Å². The van der Waals surface area contributed by atoms with Crippen LogP contribution in [0.15, 0.2) is 0 Å². The van der Waals surface area contributed by atoms with Crippen LogP contribution in [0.25, 0.3) is 0 Å². The van der Waals surface area contributed by atoms with Gasteiger partial charge in [-0.05, 0) is 20.8 Å². The topological polar surface area (TPSA) is 106 Å². The second kappa shape index (κ2) is 3.07. The van der Waals surface area contributed by atoms with Crippen LogP contribution < -0.4 is 0 Å². The summed E-state index contributed by atoms with van der Waals surface area (Å²) in [5.74, 6) is -2.51. The molecule has 0 aromatic carbocycles. The molecule has 3 aliphatic heterocycles. The Kier molecular flexibility index (Phi) is 1.85. The van der Waals surface area contributed by atoms with E-state index in [1.54, 1.807) is 20.8 Å². The lowest BCUT2D eigenvalue weighted by atomic mass is 9.52. The van der Waals surface area contributed by atoms with Gasteiger partial charge in [0.2, 0.25) is 5.60 Å². The minimum absolute atomic E-state index is 0.189. The maximum absolute atomic E-state index is 12.4. The van der Waals surface area contributed by atoms with Crippen LogP contribution in [-0.4, -0.2) is 57.3 Å². The summed E-state index contributed by atoms with van der Waals surface area (Å²) in [5.41, 5.74) is -4.89. The number of epoxide rings is 1. The highest BCUT2D eigenvalue weighted by atomic mass is 16.7. The van der Waals surface area contributed by atoms with Crippen molar-refractivity contribution >= 4 is 11.9 Å². The van der Waals surface area contributed by atoms with Crippen LogP contribution in [0.2, 0.25) is 0 Å². The van der Waals surface area contributed by atoms with Gasteiger partial charge in [-0.15, -0.1) is 0 Å². The normalized spacial score (nSPS) is 60.7. The molecule has 0 aromatic rings. The highest BCUT2D eigenvalue weighted by Crippen LogP contribution is 2.77. The molecule has 8 atom stereocenters. The van der Waals surface area contributed by atoms with Crippen LogP contribution >= 0.6 is 0 Å². The predicted octanol–water partition coefficient (Wildman–Crippen LogP) is -0.867. The standard InChI is InChI=1S/C15H18O7/c1-12(2,18)6-7-10(16)20-8(6)9-13(3)14(7,19)4-5-15(13,22-5)11(17)21-9/h5-9,18-19H,4H2,1-3H3/t5-,6+,7+,8+,9-,13+,14-,15+/m1/s1. The number of aliphatic hydroxyl groups is 2. The van der Waals surface area contributed by atoms with E-state index in [2.05, 4.69) is 0 Å². The van der Waals surface area contributed by atoms with Gasteiger partial charge in [-0.3, -0.25) is 4.79 Å². The quantitative estimate of drug-likeness (QED) is 0.479. The maximum atomic E-state index is 12.4. The van der Waals surface area contributed by atoms with E-state index in [0.717, 1.165) is 0 Å². The van der Waals surface area contributed by atoms with Crippen molar-refractivity contribution in [1.29, 1.82) is 0 Å². The number of rotatable bonds is 1. The second-order valence-corrected chi connectivity index (χ2v) is 8.06. The Balaban J connectivity index is 1.76. The molecule has 120 valence electrons.